The van der Waals surface area contributed by atoms with Crippen molar-refractivity contribution < 1.29 is 4.39 Å². The van der Waals surface area contributed by atoms with E-state index >= 15 is 0 Å². The maximum absolute atomic E-state index is 12.9. The molecule has 19 heavy (non-hydrogen) atoms. The van der Waals surface area contributed by atoms with Crippen molar-refractivity contribution in [1.29, 1.82) is 0 Å². The Hall–Kier alpha value is -0.930. The fourth-order valence-electron chi connectivity index (χ4n) is 3.77. The lowest BCUT2D eigenvalue weighted by atomic mass is 9.89. The third-order valence-electron chi connectivity index (χ3n) is 4.84. The zero-order valence-corrected chi connectivity index (χ0v) is 11.4. The maximum atomic E-state index is 12.9. The van der Waals surface area contributed by atoms with E-state index in [2.05, 4.69) is 34.5 Å². The van der Waals surface area contributed by atoms with Crippen molar-refractivity contribution in [2.45, 2.75) is 37.3 Å². The van der Waals surface area contributed by atoms with Crippen LogP contribution in [-0.2, 0) is 0 Å². The van der Waals surface area contributed by atoms with Gasteiger partial charge in [0.1, 0.15) is 6.67 Å². The standard InChI is InChI=1S/C16H23FN2/c17-10-11-19-12-15(14-6-2-1-3-7-14)18-13-16(19)8-4-5-9-16/h1-3,6-7,15,18H,4-5,8-13H2. The number of halogens is 1. The molecule has 1 atom stereocenters. The number of hydrogen-bond acceptors (Lipinski definition) is 2. The first-order valence-electron chi connectivity index (χ1n) is 7.43. The van der Waals surface area contributed by atoms with E-state index in [9.17, 15) is 4.39 Å². The summed E-state index contributed by atoms with van der Waals surface area (Å²) >= 11 is 0. The van der Waals surface area contributed by atoms with E-state index in [0.29, 0.717) is 12.6 Å². The van der Waals surface area contributed by atoms with Gasteiger partial charge < -0.3 is 5.32 Å². The van der Waals surface area contributed by atoms with Gasteiger partial charge in [0.25, 0.3) is 0 Å². The van der Waals surface area contributed by atoms with E-state index in [1.165, 1.54) is 31.2 Å². The molecule has 1 saturated heterocycles. The van der Waals surface area contributed by atoms with Crippen LogP contribution in [0.25, 0.3) is 0 Å². The van der Waals surface area contributed by atoms with Gasteiger partial charge >= 0.3 is 0 Å². The highest BCUT2D eigenvalue weighted by atomic mass is 19.1. The summed E-state index contributed by atoms with van der Waals surface area (Å²) in [5, 5.41) is 3.69. The molecule has 1 aliphatic heterocycles. The van der Waals surface area contributed by atoms with Crippen molar-refractivity contribution in [3.05, 3.63) is 35.9 Å². The molecule has 1 unspecified atom stereocenters. The third kappa shape index (κ3) is 2.54. The zero-order valence-electron chi connectivity index (χ0n) is 11.4. The zero-order chi connectivity index (χ0) is 13.1. The molecule has 3 rings (SSSR count). The Kier molecular flexibility index (Phi) is 3.85. The Balaban J connectivity index is 1.76. The minimum absolute atomic E-state index is 0.233. The van der Waals surface area contributed by atoms with Crippen molar-refractivity contribution in [2.24, 2.45) is 0 Å². The van der Waals surface area contributed by atoms with E-state index in [-0.39, 0.29) is 12.2 Å². The lowest BCUT2D eigenvalue weighted by Gasteiger charge is -2.48. The highest BCUT2D eigenvalue weighted by molar-refractivity contribution is 5.21. The average Bonchev–Trinajstić information content (AvgIpc) is 2.92. The second-order valence-electron chi connectivity index (χ2n) is 5.91. The van der Waals surface area contributed by atoms with Gasteiger partial charge in [-0.1, -0.05) is 43.2 Å². The molecule has 3 heteroatoms. The van der Waals surface area contributed by atoms with Gasteiger partial charge in [0.2, 0.25) is 0 Å². The van der Waals surface area contributed by atoms with Crippen LogP contribution in [0.1, 0.15) is 37.3 Å². The number of benzene rings is 1. The molecule has 2 aliphatic rings. The largest absolute Gasteiger partial charge is 0.307 e. The second-order valence-corrected chi connectivity index (χ2v) is 5.91. The van der Waals surface area contributed by atoms with Crippen LogP contribution in [0.5, 0.6) is 0 Å². The lowest BCUT2D eigenvalue weighted by Crippen LogP contribution is -2.61. The second kappa shape index (κ2) is 5.59. The number of piperazine rings is 1. The molecule has 2 nitrogen and oxygen atoms in total. The van der Waals surface area contributed by atoms with Crippen LogP contribution < -0.4 is 5.32 Å². The van der Waals surface area contributed by atoms with Crippen molar-refractivity contribution in [1.82, 2.24) is 10.2 Å². The third-order valence-corrected chi connectivity index (χ3v) is 4.84. The van der Waals surface area contributed by atoms with Crippen molar-refractivity contribution in [2.75, 3.05) is 26.3 Å². The van der Waals surface area contributed by atoms with E-state index in [1.54, 1.807) is 0 Å². The van der Waals surface area contributed by atoms with Crippen molar-refractivity contribution in [3.8, 4) is 0 Å². The monoisotopic (exact) mass is 262 g/mol. The van der Waals surface area contributed by atoms with Gasteiger partial charge in [-0.3, -0.25) is 4.90 Å². The van der Waals surface area contributed by atoms with E-state index in [0.717, 1.165) is 13.1 Å². The smallest absolute Gasteiger partial charge is 0.102 e. The number of hydrogen-bond donors (Lipinski definition) is 1. The van der Waals surface area contributed by atoms with Crippen molar-refractivity contribution in [3.63, 3.8) is 0 Å². The summed E-state index contributed by atoms with van der Waals surface area (Å²) in [5.41, 5.74) is 1.55. The molecule has 0 bridgehead atoms. The molecule has 1 heterocycles. The molecule has 1 N–H and O–H groups in total. The van der Waals surface area contributed by atoms with Crippen LogP contribution in [0.2, 0.25) is 0 Å². The molecule has 1 aromatic rings. The molecule has 1 spiro atoms. The molecule has 0 amide bonds. The quantitative estimate of drug-likeness (QED) is 0.901. The topological polar surface area (TPSA) is 15.3 Å². The molecule has 0 aromatic heterocycles. The highest BCUT2D eigenvalue weighted by Gasteiger charge is 2.43. The van der Waals surface area contributed by atoms with E-state index < -0.39 is 0 Å². The van der Waals surface area contributed by atoms with Gasteiger partial charge in [-0.15, -0.1) is 0 Å². The first-order valence-corrected chi connectivity index (χ1v) is 7.43. The summed E-state index contributed by atoms with van der Waals surface area (Å²) in [6.45, 7) is 2.30. The maximum Gasteiger partial charge on any atom is 0.102 e. The van der Waals surface area contributed by atoms with Gasteiger partial charge in [0, 0.05) is 31.2 Å². The normalized spacial score (nSPS) is 26.9. The molecular weight excluding hydrogens is 239 g/mol. The Bertz CT molecular complexity index is 400. The van der Waals surface area contributed by atoms with Crippen LogP contribution >= 0.6 is 0 Å². The fraction of sp³-hybridized carbons (Fsp3) is 0.625. The minimum Gasteiger partial charge on any atom is -0.307 e. The Morgan fingerprint density at radius 3 is 2.63 bits per heavy atom. The number of nitrogens with zero attached hydrogens (tertiary/aromatic N) is 1. The summed E-state index contributed by atoms with van der Waals surface area (Å²) in [7, 11) is 0. The first-order chi connectivity index (χ1) is 9.34. The van der Waals surface area contributed by atoms with Gasteiger partial charge in [-0.25, -0.2) is 4.39 Å². The minimum atomic E-state index is -0.233. The number of rotatable bonds is 3. The predicted octanol–water partition coefficient (Wildman–Crippen LogP) is 2.92. The summed E-state index contributed by atoms with van der Waals surface area (Å²) < 4.78 is 12.9. The van der Waals surface area contributed by atoms with Crippen LogP contribution in [0.3, 0.4) is 0 Å². The average molecular weight is 262 g/mol. The van der Waals surface area contributed by atoms with Crippen LogP contribution in [0.15, 0.2) is 30.3 Å². The molecule has 1 saturated carbocycles. The lowest BCUT2D eigenvalue weighted by molar-refractivity contribution is 0.0377. The van der Waals surface area contributed by atoms with Gasteiger partial charge in [0.05, 0.1) is 0 Å². The van der Waals surface area contributed by atoms with Gasteiger partial charge in [-0.05, 0) is 18.4 Å². The first kappa shape index (κ1) is 13.1. The van der Waals surface area contributed by atoms with Crippen molar-refractivity contribution >= 4 is 0 Å². The van der Waals surface area contributed by atoms with Gasteiger partial charge in [0.15, 0.2) is 0 Å². The molecule has 2 fully saturated rings. The van der Waals surface area contributed by atoms with Crippen LogP contribution in [-0.4, -0.2) is 36.7 Å². The Morgan fingerprint density at radius 1 is 1.21 bits per heavy atom. The predicted molar refractivity (Wildman–Crippen MR) is 75.9 cm³/mol. The van der Waals surface area contributed by atoms with E-state index in [4.69, 9.17) is 0 Å². The highest BCUT2D eigenvalue weighted by Crippen LogP contribution is 2.38. The Morgan fingerprint density at radius 2 is 1.95 bits per heavy atom. The summed E-state index contributed by atoms with van der Waals surface area (Å²) in [6, 6.07) is 10.9. The summed E-state index contributed by atoms with van der Waals surface area (Å²) in [4.78, 5) is 2.41. The molecule has 1 aliphatic carbocycles. The molecule has 0 radical (unpaired) electrons. The Labute approximate surface area is 115 Å². The summed E-state index contributed by atoms with van der Waals surface area (Å²) in [5.74, 6) is 0. The number of nitrogens with one attached hydrogen (secondary N) is 1. The van der Waals surface area contributed by atoms with Crippen LogP contribution in [0.4, 0.5) is 4.39 Å². The fourth-order valence-corrected chi connectivity index (χ4v) is 3.77. The molecule has 104 valence electrons. The number of alkyl halides is 1. The van der Waals surface area contributed by atoms with Crippen LogP contribution in [0, 0.1) is 0 Å². The molecular formula is C16H23FN2. The van der Waals surface area contributed by atoms with E-state index in [1.807, 2.05) is 6.07 Å². The summed E-state index contributed by atoms with van der Waals surface area (Å²) in [6.07, 6.45) is 5.03. The molecule has 1 aromatic carbocycles. The van der Waals surface area contributed by atoms with Gasteiger partial charge in [-0.2, -0.15) is 0 Å². The SMILES string of the molecule is FCCN1CC(c2ccccc2)NCC12CCCC2.